The molecule has 0 aliphatic carbocycles. The van der Waals surface area contributed by atoms with Crippen molar-refractivity contribution in [2.75, 3.05) is 0 Å². The summed E-state index contributed by atoms with van der Waals surface area (Å²) in [6, 6.07) is 6.71. The maximum Gasteiger partial charge on any atom is 0.177 e. The van der Waals surface area contributed by atoms with Gasteiger partial charge < -0.3 is 4.57 Å². The molecule has 0 spiro atoms. The van der Waals surface area contributed by atoms with E-state index in [9.17, 15) is 4.39 Å². The molecule has 78 valence electrons. The minimum Gasteiger partial charge on any atom is -0.319 e. The predicted octanol–water partition coefficient (Wildman–Crippen LogP) is 3.47. The van der Waals surface area contributed by atoms with Gasteiger partial charge in [0, 0.05) is 12.1 Å². The lowest BCUT2D eigenvalue weighted by Crippen LogP contribution is -1.98. The number of benzene rings is 1. The van der Waals surface area contributed by atoms with Crippen molar-refractivity contribution in [3.63, 3.8) is 0 Å². The van der Waals surface area contributed by atoms with Crippen molar-refractivity contribution in [1.82, 2.24) is 9.55 Å². The number of hydrogen-bond donors (Lipinski definition) is 0. The summed E-state index contributed by atoms with van der Waals surface area (Å²) in [5.74, 6) is -0.223. The largest absolute Gasteiger partial charge is 0.319 e. The first-order valence-electron chi connectivity index (χ1n) is 4.70. The van der Waals surface area contributed by atoms with Crippen LogP contribution < -0.4 is 0 Å². The molecule has 15 heavy (non-hydrogen) atoms. The highest BCUT2D eigenvalue weighted by atomic mass is 79.9. The molecule has 0 bridgehead atoms. The third-order valence-corrected chi connectivity index (χ3v) is 2.91. The monoisotopic (exact) mass is 268 g/mol. The number of aromatic nitrogens is 2. The zero-order valence-corrected chi connectivity index (χ0v) is 9.83. The molecule has 0 unspecified atom stereocenters. The summed E-state index contributed by atoms with van der Waals surface area (Å²) in [5, 5.41) is 0. The summed E-state index contributed by atoms with van der Waals surface area (Å²) in [5.41, 5.74) is 1.38. The minimum absolute atomic E-state index is 0.223. The van der Waals surface area contributed by atoms with Gasteiger partial charge in [0.05, 0.1) is 11.9 Å². The molecule has 0 aliphatic rings. The molecule has 0 N–H and O–H groups in total. The smallest absolute Gasteiger partial charge is 0.177 e. The summed E-state index contributed by atoms with van der Waals surface area (Å²) >= 11 is 3.33. The second-order valence-corrected chi connectivity index (χ2v) is 3.85. The van der Waals surface area contributed by atoms with E-state index in [1.165, 1.54) is 6.07 Å². The van der Waals surface area contributed by atoms with E-state index in [1.54, 1.807) is 18.3 Å². The second kappa shape index (κ2) is 4.14. The Labute approximate surface area is 95.9 Å². The quantitative estimate of drug-likeness (QED) is 0.816. The van der Waals surface area contributed by atoms with Crippen LogP contribution in [0.1, 0.15) is 6.92 Å². The van der Waals surface area contributed by atoms with Crippen LogP contribution in [-0.2, 0) is 6.54 Å². The molecule has 4 heteroatoms. The van der Waals surface area contributed by atoms with Gasteiger partial charge in [-0.05, 0) is 35.0 Å². The second-order valence-electron chi connectivity index (χ2n) is 3.14. The molecule has 1 heterocycles. The molecule has 0 fully saturated rings. The van der Waals surface area contributed by atoms with Crippen LogP contribution in [0.3, 0.4) is 0 Å². The molecule has 0 radical (unpaired) electrons. The van der Waals surface area contributed by atoms with E-state index in [1.807, 2.05) is 17.6 Å². The van der Waals surface area contributed by atoms with Crippen LogP contribution in [0.25, 0.3) is 11.3 Å². The normalized spacial score (nSPS) is 10.6. The van der Waals surface area contributed by atoms with E-state index >= 15 is 0 Å². The van der Waals surface area contributed by atoms with E-state index in [2.05, 4.69) is 20.9 Å². The average Bonchev–Trinajstić information content (AvgIpc) is 2.60. The molecule has 0 saturated heterocycles. The summed E-state index contributed by atoms with van der Waals surface area (Å²) in [6.07, 6.45) is 1.67. The van der Waals surface area contributed by atoms with E-state index in [4.69, 9.17) is 0 Å². The van der Waals surface area contributed by atoms with Gasteiger partial charge >= 0.3 is 0 Å². The molecule has 1 aromatic carbocycles. The average molecular weight is 269 g/mol. The number of nitrogens with zero attached hydrogens (tertiary/aromatic N) is 2. The van der Waals surface area contributed by atoms with Crippen LogP contribution in [0, 0.1) is 5.82 Å². The van der Waals surface area contributed by atoms with Crippen LogP contribution in [0.5, 0.6) is 0 Å². The van der Waals surface area contributed by atoms with Crippen molar-refractivity contribution < 1.29 is 4.39 Å². The fraction of sp³-hybridized carbons (Fsp3) is 0.182. The van der Waals surface area contributed by atoms with E-state index in [0.29, 0.717) is 5.56 Å². The predicted molar refractivity (Wildman–Crippen MR) is 61.0 cm³/mol. The maximum atomic E-state index is 13.5. The third-order valence-electron chi connectivity index (χ3n) is 2.27. The molecule has 0 saturated carbocycles. The van der Waals surface area contributed by atoms with Gasteiger partial charge in [-0.25, -0.2) is 9.37 Å². The highest BCUT2D eigenvalue weighted by molar-refractivity contribution is 9.10. The Balaban J connectivity index is 2.59. The number of imidazole rings is 1. The summed E-state index contributed by atoms with van der Waals surface area (Å²) < 4.78 is 16.2. The van der Waals surface area contributed by atoms with Crippen LogP contribution in [0.2, 0.25) is 0 Å². The summed E-state index contributed by atoms with van der Waals surface area (Å²) in [7, 11) is 0. The molecule has 0 atom stereocenters. The van der Waals surface area contributed by atoms with E-state index < -0.39 is 0 Å². The minimum atomic E-state index is -0.223. The maximum absolute atomic E-state index is 13.5. The Bertz CT molecular complexity index is 479. The van der Waals surface area contributed by atoms with Crippen molar-refractivity contribution in [3.8, 4) is 11.3 Å². The molecule has 0 aliphatic heterocycles. The van der Waals surface area contributed by atoms with Crippen LogP contribution in [0.15, 0.2) is 35.2 Å². The lowest BCUT2D eigenvalue weighted by molar-refractivity contribution is 0.628. The van der Waals surface area contributed by atoms with Crippen LogP contribution in [0.4, 0.5) is 4.39 Å². The fourth-order valence-electron chi connectivity index (χ4n) is 1.54. The number of hydrogen-bond acceptors (Lipinski definition) is 1. The first-order chi connectivity index (χ1) is 7.24. The van der Waals surface area contributed by atoms with Gasteiger partial charge in [0.15, 0.2) is 4.73 Å². The van der Waals surface area contributed by atoms with Crippen molar-refractivity contribution in [2.45, 2.75) is 13.5 Å². The zero-order chi connectivity index (χ0) is 10.8. The molecular weight excluding hydrogens is 259 g/mol. The van der Waals surface area contributed by atoms with Gasteiger partial charge in [-0.1, -0.05) is 12.1 Å². The Morgan fingerprint density at radius 1 is 1.40 bits per heavy atom. The molecule has 2 nitrogen and oxygen atoms in total. The summed E-state index contributed by atoms with van der Waals surface area (Å²) in [4.78, 5) is 4.12. The van der Waals surface area contributed by atoms with Crippen LogP contribution in [-0.4, -0.2) is 9.55 Å². The highest BCUT2D eigenvalue weighted by Gasteiger charge is 2.11. The Morgan fingerprint density at radius 2 is 2.13 bits per heavy atom. The Hall–Kier alpha value is -1.16. The standard InChI is InChI=1S/C11H10BrFN2/c1-2-15-10(7-14-11(15)12)8-5-3-4-6-9(8)13/h3-7H,2H2,1H3. The molecule has 1 aromatic heterocycles. The first kappa shape index (κ1) is 10.4. The van der Waals surface area contributed by atoms with Crippen molar-refractivity contribution in [1.29, 1.82) is 0 Å². The van der Waals surface area contributed by atoms with Gasteiger partial charge in [-0.3, -0.25) is 0 Å². The van der Waals surface area contributed by atoms with Crippen molar-refractivity contribution in [3.05, 3.63) is 41.0 Å². The van der Waals surface area contributed by atoms with Gasteiger partial charge in [0.2, 0.25) is 0 Å². The van der Waals surface area contributed by atoms with Crippen molar-refractivity contribution in [2.24, 2.45) is 0 Å². The van der Waals surface area contributed by atoms with E-state index in [-0.39, 0.29) is 5.82 Å². The highest BCUT2D eigenvalue weighted by Crippen LogP contribution is 2.25. The van der Waals surface area contributed by atoms with Crippen molar-refractivity contribution >= 4 is 15.9 Å². The zero-order valence-electron chi connectivity index (χ0n) is 8.24. The lowest BCUT2D eigenvalue weighted by Gasteiger charge is -2.06. The first-order valence-corrected chi connectivity index (χ1v) is 5.49. The summed E-state index contributed by atoms with van der Waals surface area (Å²) in [6.45, 7) is 2.75. The number of halogens is 2. The Kier molecular flexibility index (Phi) is 2.86. The number of rotatable bonds is 2. The SMILES string of the molecule is CCn1c(-c2ccccc2F)cnc1Br. The van der Waals surface area contributed by atoms with Gasteiger partial charge in [0.25, 0.3) is 0 Å². The molecule has 0 amide bonds. The van der Waals surface area contributed by atoms with Gasteiger partial charge in [-0.2, -0.15) is 0 Å². The molecule has 2 rings (SSSR count). The van der Waals surface area contributed by atoms with Crippen LogP contribution >= 0.6 is 15.9 Å². The van der Waals surface area contributed by atoms with E-state index in [0.717, 1.165) is 17.0 Å². The topological polar surface area (TPSA) is 17.8 Å². The Morgan fingerprint density at radius 3 is 2.80 bits per heavy atom. The molecular formula is C11H10BrFN2. The van der Waals surface area contributed by atoms with Gasteiger partial charge in [0.1, 0.15) is 5.82 Å². The van der Waals surface area contributed by atoms with Gasteiger partial charge in [-0.15, -0.1) is 0 Å². The molecule has 2 aromatic rings. The fourth-order valence-corrected chi connectivity index (χ4v) is 2.08. The lowest BCUT2D eigenvalue weighted by atomic mass is 10.1. The third kappa shape index (κ3) is 1.81.